The van der Waals surface area contributed by atoms with Crippen molar-refractivity contribution >= 4 is 45.4 Å². The Morgan fingerprint density at radius 3 is 2.03 bits per heavy atom. The standard InChI is InChI=1S/C13H12N2S.C10H12N2S/c1-9-10-4-2-3-5-12(10)16-13(9)11-6-7-14-8-15-11;1-7-5-13-10(8(7)2)9-3-4-11-6-12-9/h2-8,11H,1H3,(H,14,15);3-6,9H,1-2H3,(H,11,12). The van der Waals surface area contributed by atoms with E-state index in [9.17, 15) is 0 Å². The van der Waals surface area contributed by atoms with Crippen LogP contribution in [0.5, 0.6) is 0 Å². The van der Waals surface area contributed by atoms with Gasteiger partial charge in [-0.2, -0.15) is 0 Å². The van der Waals surface area contributed by atoms with E-state index in [-0.39, 0.29) is 12.1 Å². The van der Waals surface area contributed by atoms with Crippen molar-refractivity contribution in [3.8, 4) is 0 Å². The third-order valence-corrected chi connectivity index (χ3v) is 7.73. The summed E-state index contributed by atoms with van der Waals surface area (Å²) in [5.74, 6) is 0. The zero-order chi connectivity index (χ0) is 20.2. The Bertz CT molecular complexity index is 1090. The van der Waals surface area contributed by atoms with Crippen LogP contribution in [0, 0.1) is 20.8 Å². The van der Waals surface area contributed by atoms with E-state index in [2.05, 4.69) is 83.2 Å². The Morgan fingerprint density at radius 1 is 0.828 bits per heavy atom. The van der Waals surface area contributed by atoms with Crippen molar-refractivity contribution in [3.05, 3.63) is 80.6 Å². The Kier molecular flexibility index (Phi) is 5.92. The van der Waals surface area contributed by atoms with Crippen LogP contribution < -0.4 is 10.6 Å². The summed E-state index contributed by atoms with van der Waals surface area (Å²) >= 11 is 3.63. The summed E-state index contributed by atoms with van der Waals surface area (Å²) in [7, 11) is 0. The van der Waals surface area contributed by atoms with Gasteiger partial charge in [0, 0.05) is 26.9 Å². The van der Waals surface area contributed by atoms with E-state index >= 15 is 0 Å². The Labute approximate surface area is 179 Å². The van der Waals surface area contributed by atoms with Crippen LogP contribution in [0.25, 0.3) is 10.1 Å². The van der Waals surface area contributed by atoms with E-state index in [1.807, 2.05) is 23.7 Å². The minimum absolute atomic E-state index is 0.179. The van der Waals surface area contributed by atoms with Crippen molar-refractivity contribution in [1.82, 2.24) is 10.6 Å². The van der Waals surface area contributed by atoms with Gasteiger partial charge in [-0.15, -0.1) is 22.7 Å². The fourth-order valence-electron chi connectivity index (χ4n) is 3.33. The van der Waals surface area contributed by atoms with Gasteiger partial charge in [0.05, 0.1) is 12.7 Å². The van der Waals surface area contributed by atoms with E-state index in [0.717, 1.165) is 0 Å². The van der Waals surface area contributed by atoms with E-state index in [1.165, 1.54) is 36.5 Å². The van der Waals surface area contributed by atoms with Gasteiger partial charge in [-0.3, -0.25) is 9.98 Å². The van der Waals surface area contributed by atoms with Crippen LogP contribution in [0.1, 0.15) is 38.5 Å². The molecule has 6 heteroatoms. The molecule has 2 aliphatic heterocycles. The minimum Gasteiger partial charge on any atom is -0.353 e. The monoisotopic (exact) mass is 420 g/mol. The van der Waals surface area contributed by atoms with Crippen molar-refractivity contribution in [3.63, 3.8) is 0 Å². The molecule has 0 saturated heterocycles. The molecule has 3 aromatic rings. The number of benzene rings is 1. The fraction of sp³-hybridized carbons (Fsp3) is 0.217. The maximum atomic E-state index is 4.44. The maximum Gasteiger partial charge on any atom is 0.106 e. The topological polar surface area (TPSA) is 48.8 Å². The SMILES string of the molecule is Cc1c(C2C=CNC=N2)sc2ccccc12.Cc1csc(C2C=CNC=N2)c1C. The largest absolute Gasteiger partial charge is 0.353 e. The van der Waals surface area contributed by atoms with Gasteiger partial charge in [0.2, 0.25) is 0 Å². The average Bonchev–Trinajstić information content (AvgIpc) is 3.29. The summed E-state index contributed by atoms with van der Waals surface area (Å²) < 4.78 is 1.34. The highest BCUT2D eigenvalue weighted by atomic mass is 32.1. The van der Waals surface area contributed by atoms with Gasteiger partial charge in [0.25, 0.3) is 0 Å². The lowest BCUT2D eigenvalue weighted by Crippen LogP contribution is -2.08. The molecule has 2 atom stereocenters. The normalized spacial score (nSPS) is 19.6. The molecule has 0 fully saturated rings. The Morgan fingerprint density at radius 2 is 1.48 bits per heavy atom. The zero-order valence-electron chi connectivity index (χ0n) is 16.7. The van der Waals surface area contributed by atoms with Crippen LogP contribution in [0.3, 0.4) is 0 Å². The fourth-order valence-corrected chi connectivity index (χ4v) is 5.66. The maximum absolute atomic E-state index is 4.44. The first kappa shape index (κ1) is 19.6. The van der Waals surface area contributed by atoms with E-state index in [4.69, 9.17) is 0 Å². The number of hydrogen-bond acceptors (Lipinski definition) is 6. The van der Waals surface area contributed by atoms with Crippen molar-refractivity contribution in [2.45, 2.75) is 32.9 Å². The molecule has 2 N–H and O–H groups in total. The number of nitrogens with one attached hydrogen (secondary N) is 2. The van der Waals surface area contributed by atoms with Crippen LogP contribution >= 0.6 is 22.7 Å². The lowest BCUT2D eigenvalue weighted by Gasteiger charge is -2.10. The predicted molar refractivity (Wildman–Crippen MR) is 127 cm³/mol. The molecule has 148 valence electrons. The Balaban J connectivity index is 0.000000145. The average molecular weight is 421 g/mol. The van der Waals surface area contributed by atoms with Gasteiger partial charge in [-0.05, 0) is 66.4 Å². The van der Waals surface area contributed by atoms with Crippen molar-refractivity contribution in [2.75, 3.05) is 0 Å². The highest BCUT2D eigenvalue weighted by Crippen LogP contribution is 2.36. The van der Waals surface area contributed by atoms with Crippen LogP contribution in [0.4, 0.5) is 0 Å². The van der Waals surface area contributed by atoms with Gasteiger partial charge >= 0.3 is 0 Å². The molecule has 0 aliphatic carbocycles. The molecular formula is C23H24N4S2. The molecule has 2 unspecified atom stereocenters. The quantitative estimate of drug-likeness (QED) is 0.538. The number of fused-ring (bicyclic) bond motifs is 1. The van der Waals surface area contributed by atoms with Gasteiger partial charge in [0.1, 0.15) is 12.1 Å². The molecule has 1 aromatic carbocycles. The first-order valence-electron chi connectivity index (χ1n) is 9.56. The second-order valence-corrected chi connectivity index (χ2v) is 8.99. The molecule has 4 nitrogen and oxygen atoms in total. The Hall–Kier alpha value is -2.70. The summed E-state index contributed by atoms with van der Waals surface area (Å²) in [5.41, 5.74) is 4.09. The van der Waals surface area contributed by atoms with E-state index in [1.54, 1.807) is 24.0 Å². The van der Waals surface area contributed by atoms with Crippen LogP contribution in [0.2, 0.25) is 0 Å². The molecule has 29 heavy (non-hydrogen) atoms. The highest BCUT2D eigenvalue weighted by Gasteiger charge is 2.16. The van der Waals surface area contributed by atoms with Gasteiger partial charge < -0.3 is 10.6 Å². The molecule has 5 rings (SSSR count). The van der Waals surface area contributed by atoms with Crippen molar-refractivity contribution in [1.29, 1.82) is 0 Å². The van der Waals surface area contributed by atoms with Gasteiger partial charge in [-0.25, -0.2) is 0 Å². The number of rotatable bonds is 2. The number of nitrogens with zero attached hydrogens (tertiary/aromatic N) is 2. The third-order valence-electron chi connectivity index (χ3n) is 5.11. The molecule has 0 spiro atoms. The summed E-state index contributed by atoms with van der Waals surface area (Å²) in [5, 5.41) is 9.46. The van der Waals surface area contributed by atoms with Crippen molar-refractivity contribution < 1.29 is 0 Å². The van der Waals surface area contributed by atoms with E-state index < -0.39 is 0 Å². The number of thiophene rings is 2. The molecule has 0 saturated carbocycles. The summed E-state index contributed by atoms with van der Waals surface area (Å²) in [6.45, 7) is 6.48. The highest BCUT2D eigenvalue weighted by molar-refractivity contribution is 7.19. The second kappa shape index (κ2) is 8.76. The molecule has 4 heterocycles. The smallest absolute Gasteiger partial charge is 0.106 e. The van der Waals surface area contributed by atoms with Crippen LogP contribution in [-0.4, -0.2) is 12.7 Å². The van der Waals surface area contributed by atoms with Crippen LogP contribution in [0.15, 0.2) is 64.2 Å². The number of aryl methyl sites for hydroxylation is 2. The molecule has 0 radical (unpaired) electrons. The first-order valence-corrected chi connectivity index (χ1v) is 11.3. The molecule has 2 aromatic heterocycles. The summed E-state index contributed by atoms with van der Waals surface area (Å²) in [4.78, 5) is 11.5. The van der Waals surface area contributed by atoms with E-state index in [0.29, 0.717) is 0 Å². The minimum atomic E-state index is 0.179. The summed E-state index contributed by atoms with van der Waals surface area (Å²) in [6.07, 6.45) is 11.6. The van der Waals surface area contributed by atoms with Gasteiger partial charge in [-0.1, -0.05) is 18.2 Å². The second-order valence-electron chi connectivity index (χ2n) is 6.99. The lowest BCUT2D eigenvalue weighted by molar-refractivity contribution is 0.895. The first-order chi connectivity index (χ1) is 14.1. The predicted octanol–water partition coefficient (Wildman–Crippen LogP) is 5.95. The lowest BCUT2D eigenvalue weighted by atomic mass is 10.1. The summed E-state index contributed by atoms with van der Waals surface area (Å²) in [6, 6.07) is 8.93. The van der Waals surface area contributed by atoms with Gasteiger partial charge in [0.15, 0.2) is 0 Å². The molecule has 0 bridgehead atoms. The van der Waals surface area contributed by atoms with Crippen LogP contribution in [-0.2, 0) is 0 Å². The molecule has 0 amide bonds. The number of hydrogen-bond donors (Lipinski definition) is 2. The van der Waals surface area contributed by atoms with Crippen molar-refractivity contribution in [2.24, 2.45) is 9.98 Å². The molecular weight excluding hydrogens is 396 g/mol. The molecule has 2 aliphatic rings. The number of aliphatic imine (C=N–C) groups is 2. The zero-order valence-corrected chi connectivity index (χ0v) is 18.3. The third kappa shape index (κ3) is 4.18.